The number of aromatic amines is 1. The fourth-order valence-electron chi connectivity index (χ4n) is 1.85. The first-order valence-electron chi connectivity index (χ1n) is 6.41. The third-order valence-corrected chi connectivity index (χ3v) is 2.84. The SMILES string of the molecule is CCCN(CC(C)(C)CN)c1cc(=O)[nH]c(C)n1. The lowest BCUT2D eigenvalue weighted by Gasteiger charge is -2.32. The summed E-state index contributed by atoms with van der Waals surface area (Å²) in [5, 5.41) is 0. The fourth-order valence-corrected chi connectivity index (χ4v) is 1.85. The first-order valence-corrected chi connectivity index (χ1v) is 6.41. The van der Waals surface area contributed by atoms with E-state index in [-0.39, 0.29) is 11.0 Å². The molecule has 102 valence electrons. The highest BCUT2D eigenvalue weighted by molar-refractivity contribution is 5.37. The van der Waals surface area contributed by atoms with Gasteiger partial charge in [-0.1, -0.05) is 20.8 Å². The average molecular weight is 252 g/mol. The number of hydrogen-bond acceptors (Lipinski definition) is 4. The molecule has 5 heteroatoms. The summed E-state index contributed by atoms with van der Waals surface area (Å²) in [5.74, 6) is 1.38. The molecule has 1 aromatic rings. The number of rotatable bonds is 6. The first kappa shape index (κ1) is 14.7. The van der Waals surface area contributed by atoms with Gasteiger partial charge in [0.05, 0.1) is 0 Å². The second-order valence-electron chi connectivity index (χ2n) is 5.48. The molecule has 0 radical (unpaired) electrons. The van der Waals surface area contributed by atoms with Crippen molar-refractivity contribution in [3.05, 3.63) is 22.2 Å². The van der Waals surface area contributed by atoms with Crippen LogP contribution >= 0.6 is 0 Å². The van der Waals surface area contributed by atoms with Crippen LogP contribution in [0.4, 0.5) is 5.82 Å². The van der Waals surface area contributed by atoms with Crippen LogP contribution in [0.25, 0.3) is 0 Å². The largest absolute Gasteiger partial charge is 0.356 e. The van der Waals surface area contributed by atoms with E-state index in [9.17, 15) is 4.79 Å². The maximum absolute atomic E-state index is 11.5. The zero-order valence-corrected chi connectivity index (χ0v) is 11.8. The van der Waals surface area contributed by atoms with E-state index in [1.165, 1.54) is 0 Å². The Morgan fingerprint density at radius 2 is 2.17 bits per heavy atom. The molecule has 0 saturated heterocycles. The topological polar surface area (TPSA) is 75.0 Å². The molecular formula is C13H24N4O. The molecule has 0 aliphatic heterocycles. The summed E-state index contributed by atoms with van der Waals surface area (Å²) in [7, 11) is 0. The van der Waals surface area contributed by atoms with E-state index in [0.29, 0.717) is 12.4 Å². The normalized spacial score (nSPS) is 11.6. The molecule has 0 saturated carbocycles. The van der Waals surface area contributed by atoms with Crippen LogP contribution in [0.2, 0.25) is 0 Å². The van der Waals surface area contributed by atoms with Gasteiger partial charge in [0.1, 0.15) is 11.6 Å². The molecule has 5 nitrogen and oxygen atoms in total. The van der Waals surface area contributed by atoms with Crippen LogP contribution in [-0.2, 0) is 0 Å². The number of anilines is 1. The number of aromatic nitrogens is 2. The molecule has 1 aromatic heterocycles. The van der Waals surface area contributed by atoms with Gasteiger partial charge in [-0.15, -0.1) is 0 Å². The van der Waals surface area contributed by atoms with Gasteiger partial charge in [-0.25, -0.2) is 4.98 Å². The van der Waals surface area contributed by atoms with Gasteiger partial charge in [0.25, 0.3) is 5.56 Å². The maximum atomic E-state index is 11.5. The third-order valence-electron chi connectivity index (χ3n) is 2.84. The van der Waals surface area contributed by atoms with Crippen LogP contribution in [0.15, 0.2) is 10.9 Å². The van der Waals surface area contributed by atoms with Crippen molar-refractivity contribution in [3.8, 4) is 0 Å². The lowest BCUT2D eigenvalue weighted by molar-refractivity contribution is 0.376. The molecule has 0 atom stereocenters. The predicted octanol–water partition coefficient (Wildman–Crippen LogP) is 1.28. The molecule has 0 aromatic carbocycles. The molecule has 0 unspecified atom stereocenters. The maximum Gasteiger partial charge on any atom is 0.252 e. The second kappa shape index (κ2) is 6.00. The molecule has 0 amide bonds. The second-order valence-corrected chi connectivity index (χ2v) is 5.48. The van der Waals surface area contributed by atoms with E-state index in [0.717, 1.165) is 25.3 Å². The Balaban J connectivity index is 3.00. The highest BCUT2D eigenvalue weighted by Crippen LogP contribution is 2.19. The average Bonchev–Trinajstić information content (AvgIpc) is 2.27. The van der Waals surface area contributed by atoms with Gasteiger partial charge in [0.15, 0.2) is 0 Å². The van der Waals surface area contributed by atoms with E-state index in [1.807, 2.05) is 0 Å². The number of hydrogen-bond donors (Lipinski definition) is 2. The monoisotopic (exact) mass is 252 g/mol. The highest BCUT2D eigenvalue weighted by Gasteiger charge is 2.21. The Hall–Kier alpha value is -1.36. The van der Waals surface area contributed by atoms with Crippen molar-refractivity contribution in [1.29, 1.82) is 0 Å². The first-order chi connectivity index (χ1) is 8.38. The highest BCUT2D eigenvalue weighted by atomic mass is 16.1. The van der Waals surface area contributed by atoms with Gasteiger partial charge in [-0.3, -0.25) is 4.79 Å². The van der Waals surface area contributed by atoms with Crippen LogP contribution in [0, 0.1) is 12.3 Å². The van der Waals surface area contributed by atoms with Crippen molar-refractivity contribution in [3.63, 3.8) is 0 Å². The van der Waals surface area contributed by atoms with Crippen molar-refractivity contribution >= 4 is 5.82 Å². The molecule has 3 N–H and O–H groups in total. The summed E-state index contributed by atoms with van der Waals surface area (Å²) >= 11 is 0. The quantitative estimate of drug-likeness (QED) is 0.799. The van der Waals surface area contributed by atoms with Crippen molar-refractivity contribution < 1.29 is 0 Å². The molecule has 1 rings (SSSR count). The smallest absolute Gasteiger partial charge is 0.252 e. The Labute approximate surface area is 108 Å². The number of nitrogens with two attached hydrogens (primary N) is 1. The number of nitrogens with zero attached hydrogens (tertiary/aromatic N) is 2. The van der Waals surface area contributed by atoms with Crippen LogP contribution in [0.5, 0.6) is 0 Å². The van der Waals surface area contributed by atoms with E-state index in [2.05, 4.69) is 35.6 Å². The Kier molecular flexibility index (Phi) is 4.90. The van der Waals surface area contributed by atoms with Gasteiger partial charge in [-0.2, -0.15) is 0 Å². The minimum absolute atomic E-state index is 0.00730. The molecule has 0 spiro atoms. The van der Waals surface area contributed by atoms with Crippen molar-refractivity contribution in [1.82, 2.24) is 9.97 Å². The minimum Gasteiger partial charge on any atom is -0.356 e. The summed E-state index contributed by atoms with van der Waals surface area (Å²) < 4.78 is 0. The fraction of sp³-hybridized carbons (Fsp3) is 0.692. The van der Waals surface area contributed by atoms with Crippen LogP contribution in [-0.4, -0.2) is 29.6 Å². The molecule has 0 fully saturated rings. The number of aryl methyl sites for hydroxylation is 1. The Morgan fingerprint density at radius 3 is 2.67 bits per heavy atom. The zero-order valence-electron chi connectivity index (χ0n) is 11.8. The molecule has 18 heavy (non-hydrogen) atoms. The van der Waals surface area contributed by atoms with Crippen LogP contribution in [0.1, 0.15) is 33.0 Å². The number of nitrogens with one attached hydrogen (secondary N) is 1. The molecular weight excluding hydrogens is 228 g/mol. The van der Waals surface area contributed by atoms with E-state index < -0.39 is 0 Å². The van der Waals surface area contributed by atoms with Gasteiger partial charge >= 0.3 is 0 Å². The molecule has 0 aliphatic carbocycles. The van der Waals surface area contributed by atoms with Crippen LogP contribution < -0.4 is 16.2 Å². The van der Waals surface area contributed by atoms with Crippen LogP contribution in [0.3, 0.4) is 0 Å². The minimum atomic E-state index is -0.107. The summed E-state index contributed by atoms with van der Waals surface area (Å²) in [6.45, 7) is 10.4. The molecule has 0 bridgehead atoms. The van der Waals surface area contributed by atoms with Gasteiger partial charge in [-0.05, 0) is 25.3 Å². The van der Waals surface area contributed by atoms with Crippen molar-refractivity contribution in [2.75, 3.05) is 24.5 Å². The molecule has 1 heterocycles. The summed E-state index contributed by atoms with van der Waals surface area (Å²) in [6, 6.07) is 1.55. The van der Waals surface area contributed by atoms with Crippen molar-refractivity contribution in [2.24, 2.45) is 11.1 Å². The summed E-state index contributed by atoms with van der Waals surface area (Å²) in [5.41, 5.74) is 5.67. The lowest BCUT2D eigenvalue weighted by atomic mass is 9.93. The van der Waals surface area contributed by atoms with E-state index in [4.69, 9.17) is 5.73 Å². The van der Waals surface area contributed by atoms with Gasteiger partial charge in [0, 0.05) is 19.2 Å². The van der Waals surface area contributed by atoms with E-state index in [1.54, 1.807) is 13.0 Å². The van der Waals surface area contributed by atoms with E-state index >= 15 is 0 Å². The number of H-pyrrole nitrogens is 1. The third kappa shape index (κ3) is 4.14. The summed E-state index contributed by atoms with van der Waals surface area (Å²) in [6.07, 6.45) is 1.01. The standard InChI is InChI=1S/C13H24N4O/c1-5-6-17(9-13(3,4)8-14)11-7-12(18)16-10(2)15-11/h7H,5-6,8-9,14H2,1-4H3,(H,15,16,18). The molecule has 0 aliphatic rings. The zero-order chi connectivity index (χ0) is 13.8. The summed E-state index contributed by atoms with van der Waals surface area (Å²) in [4.78, 5) is 20.7. The van der Waals surface area contributed by atoms with Gasteiger partial charge in [0.2, 0.25) is 0 Å². The predicted molar refractivity (Wildman–Crippen MR) is 74.9 cm³/mol. The Bertz CT molecular complexity index is 439. The van der Waals surface area contributed by atoms with Gasteiger partial charge < -0.3 is 15.6 Å². The van der Waals surface area contributed by atoms with Crippen molar-refractivity contribution in [2.45, 2.75) is 34.1 Å². The Morgan fingerprint density at radius 1 is 1.50 bits per heavy atom. The lowest BCUT2D eigenvalue weighted by Crippen LogP contribution is -2.40.